The van der Waals surface area contributed by atoms with Crippen LogP contribution in [0.2, 0.25) is 0 Å². The van der Waals surface area contributed by atoms with E-state index in [1.54, 1.807) is 41.2 Å². The number of hydrogen-bond acceptors (Lipinski definition) is 5. The highest BCUT2D eigenvalue weighted by atomic mass is 19.1. The summed E-state index contributed by atoms with van der Waals surface area (Å²) >= 11 is 0. The number of amides is 1. The molecule has 0 unspecified atom stereocenters. The quantitative estimate of drug-likeness (QED) is 0.536. The molecule has 8 nitrogen and oxygen atoms in total. The molecule has 9 heteroatoms. The molecule has 0 bridgehead atoms. The molecule has 0 fully saturated rings. The number of ether oxygens (including phenoxy) is 1. The fourth-order valence-corrected chi connectivity index (χ4v) is 2.80. The number of aromatic amines is 1. The molecule has 0 saturated carbocycles. The number of fused-ring (bicyclic) bond motifs is 1. The van der Waals surface area contributed by atoms with E-state index in [0.717, 1.165) is 11.1 Å². The van der Waals surface area contributed by atoms with Gasteiger partial charge in [-0.25, -0.2) is 9.37 Å². The van der Waals surface area contributed by atoms with Crippen LogP contribution < -0.4 is 10.1 Å². The number of carbonyl (C=O) groups is 1. The lowest BCUT2D eigenvalue weighted by Gasteiger charge is -2.04. The van der Waals surface area contributed by atoms with E-state index in [0.29, 0.717) is 29.7 Å². The summed E-state index contributed by atoms with van der Waals surface area (Å²) in [6.45, 7) is 2.51. The molecule has 0 aliphatic rings. The summed E-state index contributed by atoms with van der Waals surface area (Å²) < 4.78 is 20.2. The molecule has 0 saturated heterocycles. The van der Waals surface area contributed by atoms with Crippen LogP contribution in [0.25, 0.3) is 16.8 Å². The van der Waals surface area contributed by atoms with Crippen LogP contribution in [0.15, 0.2) is 48.9 Å². The fourth-order valence-electron chi connectivity index (χ4n) is 2.80. The van der Waals surface area contributed by atoms with E-state index in [-0.39, 0.29) is 18.3 Å². The number of rotatable bonds is 6. The van der Waals surface area contributed by atoms with Crippen LogP contribution in [0.5, 0.6) is 5.88 Å². The van der Waals surface area contributed by atoms with Crippen molar-refractivity contribution in [2.75, 3.05) is 6.61 Å². The normalized spacial score (nSPS) is 10.9. The smallest absolute Gasteiger partial charge is 0.268 e. The van der Waals surface area contributed by atoms with Crippen molar-refractivity contribution in [3.05, 3.63) is 66.3 Å². The van der Waals surface area contributed by atoms with E-state index in [4.69, 9.17) is 4.74 Å². The van der Waals surface area contributed by atoms with Gasteiger partial charge in [-0.05, 0) is 36.2 Å². The number of halogens is 1. The van der Waals surface area contributed by atoms with Crippen molar-refractivity contribution in [3.8, 4) is 17.0 Å². The zero-order valence-electron chi connectivity index (χ0n) is 15.0. The van der Waals surface area contributed by atoms with Crippen LogP contribution in [0.3, 0.4) is 0 Å². The Bertz CT molecular complexity index is 1120. The number of H-pyrrole nitrogens is 1. The summed E-state index contributed by atoms with van der Waals surface area (Å²) in [5, 5.41) is 11.0. The Labute approximate surface area is 159 Å². The molecule has 4 rings (SSSR count). The molecule has 0 aliphatic heterocycles. The molecule has 0 radical (unpaired) electrons. The summed E-state index contributed by atoms with van der Waals surface area (Å²) in [5.74, 6) is 0.352. The molecular formula is C19H17FN6O2. The van der Waals surface area contributed by atoms with Crippen LogP contribution in [0.4, 0.5) is 4.39 Å². The Morgan fingerprint density at radius 2 is 2.07 bits per heavy atom. The highest BCUT2D eigenvalue weighted by Crippen LogP contribution is 2.20. The minimum atomic E-state index is -0.305. The van der Waals surface area contributed by atoms with Crippen molar-refractivity contribution in [1.29, 1.82) is 0 Å². The third-order valence-corrected chi connectivity index (χ3v) is 4.16. The number of aromatic nitrogens is 5. The summed E-state index contributed by atoms with van der Waals surface area (Å²) in [4.78, 5) is 19.5. The van der Waals surface area contributed by atoms with Gasteiger partial charge in [-0.3, -0.25) is 9.20 Å². The van der Waals surface area contributed by atoms with Crippen molar-refractivity contribution in [1.82, 2.24) is 29.9 Å². The molecule has 1 aromatic carbocycles. The molecule has 2 N–H and O–H groups in total. The van der Waals surface area contributed by atoms with Crippen LogP contribution in [0.1, 0.15) is 23.2 Å². The van der Waals surface area contributed by atoms with Gasteiger partial charge in [0, 0.05) is 18.6 Å². The lowest BCUT2D eigenvalue weighted by molar-refractivity contribution is 0.0945. The third-order valence-electron chi connectivity index (χ3n) is 4.16. The first-order chi connectivity index (χ1) is 13.7. The molecule has 3 aromatic heterocycles. The fraction of sp³-hybridized carbons (Fsp3) is 0.158. The van der Waals surface area contributed by atoms with Gasteiger partial charge >= 0.3 is 0 Å². The van der Waals surface area contributed by atoms with E-state index in [1.165, 1.54) is 12.1 Å². The van der Waals surface area contributed by atoms with Gasteiger partial charge in [-0.1, -0.05) is 12.1 Å². The molecule has 0 atom stereocenters. The Kier molecular flexibility index (Phi) is 4.71. The van der Waals surface area contributed by atoms with E-state index < -0.39 is 0 Å². The number of nitrogens with one attached hydrogen (secondary N) is 2. The second kappa shape index (κ2) is 7.47. The van der Waals surface area contributed by atoms with Crippen LogP contribution >= 0.6 is 0 Å². The average Bonchev–Trinajstić information content (AvgIpc) is 3.35. The van der Waals surface area contributed by atoms with Crippen molar-refractivity contribution in [3.63, 3.8) is 0 Å². The maximum atomic E-state index is 13.1. The second-order valence-corrected chi connectivity index (χ2v) is 5.97. The third kappa shape index (κ3) is 3.41. The number of nitrogens with zero attached hydrogens (tertiary/aromatic N) is 4. The van der Waals surface area contributed by atoms with Crippen molar-refractivity contribution in [2.24, 2.45) is 0 Å². The Hall–Kier alpha value is -3.75. The minimum Gasteiger partial charge on any atom is -0.475 e. The first-order valence-corrected chi connectivity index (χ1v) is 8.69. The first kappa shape index (κ1) is 17.7. The van der Waals surface area contributed by atoms with Crippen molar-refractivity contribution < 1.29 is 13.9 Å². The van der Waals surface area contributed by atoms with Gasteiger partial charge in [-0.15, -0.1) is 10.2 Å². The number of carbonyl (C=O) groups excluding carboxylic acids is 1. The van der Waals surface area contributed by atoms with Gasteiger partial charge < -0.3 is 15.0 Å². The largest absolute Gasteiger partial charge is 0.475 e. The zero-order valence-corrected chi connectivity index (χ0v) is 15.0. The van der Waals surface area contributed by atoms with Crippen LogP contribution in [-0.4, -0.2) is 37.1 Å². The lowest BCUT2D eigenvalue weighted by Crippen LogP contribution is -2.24. The maximum absolute atomic E-state index is 13.1. The van der Waals surface area contributed by atoms with E-state index in [1.807, 2.05) is 6.92 Å². The monoisotopic (exact) mass is 380 g/mol. The van der Waals surface area contributed by atoms with Crippen molar-refractivity contribution in [2.45, 2.75) is 13.5 Å². The first-order valence-electron chi connectivity index (χ1n) is 8.69. The summed E-state index contributed by atoms with van der Waals surface area (Å²) in [6, 6.07) is 7.79. The summed E-state index contributed by atoms with van der Waals surface area (Å²) in [7, 11) is 0. The lowest BCUT2D eigenvalue weighted by atomic mass is 10.1. The van der Waals surface area contributed by atoms with E-state index >= 15 is 0 Å². The molecule has 3 heterocycles. The van der Waals surface area contributed by atoms with Gasteiger partial charge in [0.05, 0.1) is 13.2 Å². The zero-order chi connectivity index (χ0) is 19.5. The van der Waals surface area contributed by atoms with E-state index in [9.17, 15) is 9.18 Å². The summed E-state index contributed by atoms with van der Waals surface area (Å²) in [5.41, 5.74) is 2.50. The van der Waals surface area contributed by atoms with Crippen molar-refractivity contribution >= 4 is 11.6 Å². The molecule has 142 valence electrons. The Morgan fingerprint density at radius 1 is 1.25 bits per heavy atom. The average molecular weight is 380 g/mol. The SMILES string of the molecule is CCOc1nccn2c(CNC(=O)c3cc(-c4ccc(F)cc4)c[nH]3)nnc12. The van der Waals surface area contributed by atoms with Gasteiger partial charge in [-0.2, -0.15) is 0 Å². The Balaban J connectivity index is 1.47. The molecular weight excluding hydrogens is 363 g/mol. The summed E-state index contributed by atoms with van der Waals surface area (Å²) in [6.07, 6.45) is 5.00. The maximum Gasteiger partial charge on any atom is 0.268 e. The number of hydrogen-bond donors (Lipinski definition) is 2. The predicted octanol–water partition coefficient (Wildman–Crippen LogP) is 2.59. The second-order valence-electron chi connectivity index (χ2n) is 5.97. The predicted molar refractivity (Wildman–Crippen MR) is 99.3 cm³/mol. The molecule has 1 amide bonds. The highest BCUT2D eigenvalue weighted by Gasteiger charge is 2.14. The number of benzene rings is 1. The van der Waals surface area contributed by atoms with E-state index in [2.05, 4.69) is 25.5 Å². The topological polar surface area (TPSA) is 97.2 Å². The van der Waals surface area contributed by atoms with Gasteiger partial charge in [0.1, 0.15) is 11.5 Å². The molecule has 0 aliphatic carbocycles. The molecule has 0 spiro atoms. The Morgan fingerprint density at radius 3 is 2.86 bits per heavy atom. The molecule has 28 heavy (non-hydrogen) atoms. The standard InChI is InChI=1S/C19H17FN6O2/c1-2-28-19-17-25-24-16(26(17)8-7-21-19)11-23-18(27)15-9-13(10-22-15)12-3-5-14(20)6-4-12/h3-10,22H,2,11H2,1H3,(H,23,27). The minimum absolute atomic E-state index is 0.181. The van der Waals surface area contributed by atoms with Gasteiger partial charge in [0.15, 0.2) is 5.82 Å². The highest BCUT2D eigenvalue weighted by molar-refractivity contribution is 5.93. The molecule has 4 aromatic rings. The van der Waals surface area contributed by atoms with Crippen LogP contribution in [-0.2, 0) is 6.54 Å². The van der Waals surface area contributed by atoms with Gasteiger partial charge in [0.2, 0.25) is 5.65 Å². The van der Waals surface area contributed by atoms with Gasteiger partial charge in [0.25, 0.3) is 11.8 Å². The van der Waals surface area contributed by atoms with Crippen LogP contribution in [0, 0.1) is 5.82 Å².